The van der Waals surface area contributed by atoms with Crippen LogP contribution in [0.2, 0.25) is 0 Å². The van der Waals surface area contributed by atoms with Gasteiger partial charge in [-0.3, -0.25) is 9.52 Å². The summed E-state index contributed by atoms with van der Waals surface area (Å²) in [6.45, 7) is 0. The van der Waals surface area contributed by atoms with E-state index in [-0.39, 0.29) is 16.1 Å². The molecule has 3 aromatic rings. The molecule has 0 saturated heterocycles. The Balaban J connectivity index is 1.83. The van der Waals surface area contributed by atoms with E-state index in [4.69, 9.17) is 0 Å². The van der Waals surface area contributed by atoms with Crippen molar-refractivity contribution in [2.24, 2.45) is 0 Å². The first-order chi connectivity index (χ1) is 12.8. The smallest absolute Gasteiger partial charge is 0.262 e. The van der Waals surface area contributed by atoms with Crippen LogP contribution in [-0.2, 0) is 10.0 Å². The zero-order chi connectivity index (χ0) is 19.4. The maximum Gasteiger partial charge on any atom is 0.262 e. The van der Waals surface area contributed by atoms with Crippen LogP contribution in [0.3, 0.4) is 0 Å². The van der Waals surface area contributed by atoms with Crippen LogP contribution in [-0.4, -0.2) is 14.3 Å². The lowest BCUT2D eigenvalue weighted by Crippen LogP contribution is -2.16. The van der Waals surface area contributed by atoms with Gasteiger partial charge in [0.1, 0.15) is 11.6 Å². The second-order valence-electron chi connectivity index (χ2n) is 5.57. The van der Waals surface area contributed by atoms with Crippen molar-refractivity contribution in [3.05, 3.63) is 90.0 Å². The third kappa shape index (κ3) is 4.48. The Morgan fingerprint density at radius 1 is 0.852 bits per heavy atom. The van der Waals surface area contributed by atoms with Gasteiger partial charge in [0.2, 0.25) is 0 Å². The van der Waals surface area contributed by atoms with Gasteiger partial charge in [0.05, 0.1) is 10.6 Å². The van der Waals surface area contributed by atoms with Crippen LogP contribution in [0, 0.1) is 11.6 Å². The first-order valence-electron chi connectivity index (χ1n) is 7.79. The van der Waals surface area contributed by atoms with Gasteiger partial charge in [-0.2, -0.15) is 0 Å². The average Bonchev–Trinajstić information content (AvgIpc) is 2.65. The van der Waals surface area contributed by atoms with E-state index in [1.165, 1.54) is 66.7 Å². The summed E-state index contributed by atoms with van der Waals surface area (Å²) in [5.74, 6) is -1.73. The molecule has 2 N–H and O–H groups in total. The summed E-state index contributed by atoms with van der Waals surface area (Å²) in [4.78, 5) is 12.1. The zero-order valence-electron chi connectivity index (χ0n) is 13.8. The fraction of sp³-hybridized carbons (Fsp3) is 0. The van der Waals surface area contributed by atoms with Crippen molar-refractivity contribution >= 4 is 27.3 Å². The standard InChI is InChI=1S/C19H14F2N2O3S/c20-14-8-10-15(11-9-14)22-19(24)13-4-3-5-16(12-13)27(25,26)23-18-7-2-1-6-17(18)21/h1-12,23H,(H,22,24). The molecule has 0 spiro atoms. The van der Waals surface area contributed by atoms with E-state index < -0.39 is 27.6 Å². The summed E-state index contributed by atoms with van der Waals surface area (Å²) in [5.41, 5.74) is 0.244. The maximum absolute atomic E-state index is 13.7. The topological polar surface area (TPSA) is 75.3 Å². The minimum atomic E-state index is -4.09. The van der Waals surface area contributed by atoms with E-state index in [9.17, 15) is 22.0 Å². The van der Waals surface area contributed by atoms with Crippen molar-refractivity contribution in [2.45, 2.75) is 4.90 Å². The fourth-order valence-electron chi connectivity index (χ4n) is 2.29. The van der Waals surface area contributed by atoms with Gasteiger partial charge in [0.25, 0.3) is 15.9 Å². The lowest BCUT2D eigenvalue weighted by atomic mass is 10.2. The minimum Gasteiger partial charge on any atom is -0.322 e. The van der Waals surface area contributed by atoms with Crippen molar-refractivity contribution in [3.8, 4) is 0 Å². The molecule has 0 fully saturated rings. The highest BCUT2D eigenvalue weighted by atomic mass is 32.2. The highest BCUT2D eigenvalue weighted by molar-refractivity contribution is 7.92. The number of halogens is 2. The molecule has 0 heterocycles. The summed E-state index contributed by atoms with van der Waals surface area (Å²) in [5, 5.41) is 2.54. The molecule has 0 aliphatic heterocycles. The second kappa shape index (κ2) is 7.55. The third-order valence-electron chi connectivity index (χ3n) is 3.63. The largest absolute Gasteiger partial charge is 0.322 e. The number of carbonyl (C=O) groups is 1. The third-order valence-corrected chi connectivity index (χ3v) is 4.99. The average molecular weight is 388 g/mol. The Morgan fingerprint density at radius 3 is 2.26 bits per heavy atom. The van der Waals surface area contributed by atoms with Crippen LogP contribution in [0.25, 0.3) is 0 Å². The molecule has 0 unspecified atom stereocenters. The molecule has 138 valence electrons. The van der Waals surface area contributed by atoms with Crippen LogP contribution in [0.5, 0.6) is 0 Å². The molecule has 3 aromatic carbocycles. The SMILES string of the molecule is O=C(Nc1ccc(F)cc1)c1cccc(S(=O)(=O)Nc2ccccc2F)c1. The molecule has 8 heteroatoms. The van der Waals surface area contributed by atoms with Crippen molar-refractivity contribution in [2.75, 3.05) is 10.0 Å². The van der Waals surface area contributed by atoms with Gasteiger partial charge in [0, 0.05) is 11.3 Å². The molecular weight excluding hydrogens is 374 g/mol. The van der Waals surface area contributed by atoms with Gasteiger partial charge in [-0.1, -0.05) is 18.2 Å². The van der Waals surface area contributed by atoms with E-state index in [2.05, 4.69) is 10.0 Å². The number of sulfonamides is 1. The predicted octanol–water partition coefficient (Wildman–Crippen LogP) is 4.02. The number of rotatable bonds is 5. The second-order valence-corrected chi connectivity index (χ2v) is 7.26. The highest BCUT2D eigenvalue weighted by Crippen LogP contribution is 2.20. The van der Waals surface area contributed by atoms with Crippen molar-refractivity contribution < 1.29 is 22.0 Å². The lowest BCUT2D eigenvalue weighted by molar-refractivity contribution is 0.102. The van der Waals surface area contributed by atoms with Crippen LogP contribution in [0.4, 0.5) is 20.2 Å². The number of nitrogens with one attached hydrogen (secondary N) is 2. The van der Waals surface area contributed by atoms with Gasteiger partial charge in [-0.25, -0.2) is 17.2 Å². The summed E-state index contributed by atoms with van der Waals surface area (Å²) in [6, 6.07) is 15.8. The quantitative estimate of drug-likeness (QED) is 0.693. The highest BCUT2D eigenvalue weighted by Gasteiger charge is 2.18. The molecule has 27 heavy (non-hydrogen) atoms. The minimum absolute atomic E-state index is 0.0794. The predicted molar refractivity (Wildman–Crippen MR) is 98.0 cm³/mol. The fourth-order valence-corrected chi connectivity index (χ4v) is 3.40. The Labute approximate surface area is 154 Å². The summed E-state index contributed by atoms with van der Waals surface area (Å²) in [7, 11) is -4.09. The van der Waals surface area contributed by atoms with E-state index in [0.717, 1.165) is 6.07 Å². The van der Waals surface area contributed by atoms with Gasteiger partial charge >= 0.3 is 0 Å². The Bertz CT molecular complexity index is 1080. The van der Waals surface area contributed by atoms with Crippen LogP contribution in [0.15, 0.2) is 77.7 Å². The number of hydrogen-bond donors (Lipinski definition) is 2. The van der Waals surface area contributed by atoms with Gasteiger partial charge < -0.3 is 5.32 Å². The van der Waals surface area contributed by atoms with Crippen LogP contribution in [0.1, 0.15) is 10.4 Å². The van der Waals surface area contributed by atoms with Crippen LogP contribution >= 0.6 is 0 Å². The first kappa shape index (κ1) is 18.5. The van der Waals surface area contributed by atoms with Gasteiger partial charge in [-0.15, -0.1) is 0 Å². The molecule has 0 radical (unpaired) electrons. The molecule has 0 saturated carbocycles. The Kier molecular flexibility index (Phi) is 5.18. The molecule has 0 aromatic heterocycles. The lowest BCUT2D eigenvalue weighted by Gasteiger charge is -2.10. The molecule has 0 aliphatic rings. The van der Waals surface area contributed by atoms with E-state index >= 15 is 0 Å². The number of carbonyl (C=O) groups excluding carboxylic acids is 1. The molecule has 1 amide bonds. The number of benzene rings is 3. The zero-order valence-corrected chi connectivity index (χ0v) is 14.6. The van der Waals surface area contributed by atoms with Crippen molar-refractivity contribution in [1.29, 1.82) is 0 Å². The summed E-state index contributed by atoms with van der Waals surface area (Å²) < 4.78 is 53.7. The number of para-hydroxylation sites is 1. The normalized spacial score (nSPS) is 11.0. The maximum atomic E-state index is 13.7. The van der Waals surface area contributed by atoms with Gasteiger partial charge in [0.15, 0.2) is 0 Å². The van der Waals surface area contributed by atoms with Crippen molar-refractivity contribution in [1.82, 2.24) is 0 Å². The monoisotopic (exact) mass is 388 g/mol. The summed E-state index contributed by atoms with van der Waals surface area (Å²) >= 11 is 0. The number of anilines is 2. The molecule has 3 rings (SSSR count). The number of amides is 1. The molecule has 0 bridgehead atoms. The molecule has 5 nitrogen and oxygen atoms in total. The summed E-state index contributed by atoms with van der Waals surface area (Å²) in [6.07, 6.45) is 0. The first-order valence-corrected chi connectivity index (χ1v) is 9.28. The van der Waals surface area contributed by atoms with Crippen LogP contribution < -0.4 is 10.0 Å². The van der Waals surface area contributed by atoms with E-state index in [1.54, 1.807) is 0 Å². The van der Waals surface area contributed by atoms with Gasteiger partial charge in [-0.05, 0) is 54.6 Å². The number of hydrogen-bond acceptors (Lipinski definition) is 3. The molecular formula is C19H14F2N2O3S. The molecule has 0 aliphatic carbocycles. The Hall–Kier alpha value is -3.26. The van der Waals surface area contributed by atoms with E-state index in [0.29, 0.717) is 5.69 Å². The van der Waals surface area contributed by atoms with E-state index in [1.807, 2.05) is 0 Å². The van der Waals surface area contributed by atoms with Crippen molar-refractivity contribution in [3.63, 3.8) is 0 Å². The molecule has 0 atom stereocenters. The Morgan fingerprint density at radius 2 is 1.56 bits per heavy atom.